The lowest BCUT2D eigenvalue weighted by atomic mass is 9.90. The summed E-state index contributed by atoms with van der Waals surface area (Å²) < 4.78 is 17.1. The van der Waals surface area contributed by atoms with E-state index in [2.05, 4.69) is 22.5 Å². The minimum Gasteiger partial charge on any atom is -0.398 e. The van der Waals surface area contributed by atoms with Crippen LogP contribution < -0.4 is 16.8 Å². The average molecular weight is 499 g/mol. The van der Waals surface area contributed by atoms with Crippen molar-refractivity contribution in [2.45, 2.75) is 76.1 Å². The predicted octanol–water partition coefficient (Wildman–Crippen LogP) is 5.42. The second-order valence-corrected chi connectivity index (χ2v) is 10.1. The van der Waals surface area contributed by atoms with Gasteiger partial charge >= 0.3 is 0 Å². The summed E-state index contributed by atoms with van der Waals surface area (Å²) in [5, 5.41) is 19.7. The topological polar surface area (TPSA) is 115 Å². The van der Waals surface area contributed by atoms with E-state index in [1.165, 1.54) is 12.1 Å². The molecule has 1 aliphatic carbocycles. The minimum absolute atomic E-state index is 0.0662. The number of anilines is 2. The number of aliphatic hydroxyl groups is 1. The van der Waals surface area contributed by atoms with E-state index in [4.69, 9.17) is 28.2 Å². The molecule has 0 amide bonds. The van der Waals surface area contributed by atoms with Gasteiger partial charge in [-0.3, -0.25) is 10.00 Å². The Morgan fingerprint density at radius 3 is 2.83 bits per heavy atom. The van der Waals surface area contributed by atoms with E-state index in [1.54, 1.807) is 6.20 Å². The van der Waals surface area contributed by atoms with Gasteiger partial charge < -0.3 is 16.6 Å². The molecule has 2 aromatic heterocycles. The van der Waals surface area contributed by atoms with Crippen LogP contribution in [0.4, 0.5) is 15.9 Å². The molecule has 3 atom stereocenters. The lowest BCUT2D eigenvalue weighted by Crippen LogP contribution is -2.41. The highest BCUT2D eigenvalue weighted by atomic mass is 35.5. The Balaban J connectivity index is 1.70. The highest BCUT2D eigenvalue weighted by molar-refractivity contribution is 6.33. The smallest absolute Gasteiger partial charge is 0.135 e. The first-order chi connectivity index (χ1) is 16.9. The quantitative estimate of drug-likeness (QED) is 0.333. The van der Waals surface area contributed by atoms with Crippen LogP contribution in [0.15, 0.2) is 24.4 Å². The number of benzene rings is 1. The molecule has 1 aliphatic heterocycles. The molecule has 1 saturated carbocycles. The van der Waals surface area contributed by atoms with Crippen molar-refractivity contribution in [2.24, 2.45) is 0 Å². The Hall–Kier alpha value is -2.68. The number of aromatic nitrogens is 3. The number of nitrogens with two attached hydrogens (primary N) is 2. The Bertz CT molecular complexity index is 1260. The summed E-state index contributed by atoms with van der Waals surface area (Å²) >= 11 is 6.06. The van der Waals surface area contributed by atoms with Gasteiger partial charge in [0.1, 0.15) is 23.6 Å². The first-order valence-corrected chi connectivity index (χ1v) is 12.8. The number of nitrogens with one attached hydrogen (secondary N) is 1. The Kier molecular flexibility index (Phi) is 6.95. The van der Waals surface area contributed by atoms with Crippen LogP contribution >= 0.6 is 11.6 Å². The molecule has 0 saturated heterocycles. The molecule has 2 aliphatic rings. The number of rotatable bonds is 1. The van der Waals surface area contributed by atoms with Gasteiger partial charge in [-0.2, -0.15) is 5.10 Å². The van der Waals surface area contributed by atoms with Crippen LogP contribution in [0.3, 0.4) is 0 Å². The minimum atomic E-state index is -0.510. The maximum absolute atomic E-state index is 15.1. The average Bonchev–Trinajstić information content (AvgIpc) is 3.23. The monoisotopic (exact) mass is 498 g/mol. The number of halogens is 2. The van der Waals surface area contributed by atoms with Crippen LogP contribution in [-0.2, 0) is 0 Å². The zero-order valence-corrected chi connectivity index (χ0v) is 20.4. The summed E-state index contributed by atoms with van der Waals surface area (Å²) in [5.74, 6) is -0.213. The van der Waals surface area contributed by atoms with Crippen LogP contribution in [0.1, 0.15) is 69.4 Å². The van der Waals surface area contributed by atoms with Gasteiger partial charge in [0.25, 0.3) is 0 Å². The third-order valence-corrected chi connectivity index (χ3v) is 7.52. The standard InChI is InChI=1S/C26H32ClFN6O/c27-19-13-20(28)18(12-21(19)29)24-23-25-15(14-31-26(23)30)7-4-2-1-3-5-10-22(35)32-16-8-6-9-17(11-16)34(25)33-24/h4,7,12-14,16-17,22,32,35H,1-3,5-6,8-11,29H2,(H2,30,31)/b7-4+/t16-,17-,22?/m1/s1. The molecule has 1 fully saturated rings. The van der Waals surface area contributed by atoms with E-state index in [9.17, 15) is 5.11 Å². The van der Waals surface area contributed by atoms with E-state index in [0.29, 0.717) is 16.9 Å². The lowest BCUT2D eigenvalue weighted by Gasteiger charge is -2.32. The van der Waals surface area contributed by atoms with E-state index in [1.807, 2.05) is 4.68 Å². The molecule has 1 aromatic carbocycles. The maximum Gasteiger partial charge on any atom is 0.135 e. The number of allylic oxidation sites excluding steroid dienone is 1. The lowest BCUT2D eigenvalue weighted by molar-refractivity contribution is 0.0954. The second kappa shape index (κ2) is 10.1. The van der Waals surface area contributed by atoms with Crippen molar-refractivity contribution in [3.8, 4) is 11.3 Å². The van der Waals surface area contributed by atoms with Crippen LogP contribution in [0.2, 0.25) is 5.02 Å². The third kappa shape index (κ3) is 4.87. The SMILES string of the molecule is Nc1cc(-c2nn3c4c(cnc(N)c24)/C=C/CCCCCC(O)N[C@@H]2CCC[C@@H]3C2)c(F)cc1Cl. The number of nitrogen functional groups attached to an aromatic ring is 2. The maximum atomic E-state index is 15.1. The molecule has 3 heterocycles. The molecule has 186 valence electrons. The summed E-state index contributed by atoms with van der Waals surface area (Å²) in [6.45, 7) is 0. The van der Waals surface area contributed by atoms with Crippen molar-refractivity contribution in [1.29, 1.82) is 0 Å². The molecule has 0 radical (unpaired) electrons. The molecule has 35 heavy (non-hydrogen) atoms. The first kappa shape index (κ1) is 24.0. The number of hydrogen-bond acceptors (Lipinski definition) is 6. The predicted molar refractivity (Wildman–Crippen MR) is 139 cm³/mol. The molecule has 1 unspecified atom stereocenters. The first-order valence-electron chi connectivity index (χ1n) is 12.4. The third-order valence-electron chi connectivity index (χ3n) is 7.19. The van der Waals surface area contributed by atoms with Crippen molar-refractivity contribution in [3.63, 3.8) is 0 Å². The molecule has 2 bridgehead atoms. The van der Waals surface area contributed by atoms with E-state index >= 15 is 4.39 Å². The van der Waals surface area contributed by atoms with Crippen LogP contribution in [0, 0.1) is 5.82 Å². The number of pyridine rings is 1. The van der Waals surface area contributed by atoms with Gasteiger partial charge in [0.05, 0.1) is 27.7 Å². The summed E-state index contributed by atoms with van der Waals surface area (Å²) in [4.78, 5) is 4.44. The number of nitrogens with zero attached hydrogens (tertiary/aromatic N) is 3. The van der Waals surface area contributed by atoms with Crippen molar-refractivity contribution in [3.05, 3.63) is 40.8 Å². The largest absolute Gasteiger partial charge is 0.398 e. The number of fused-ring (bicyclic) bond motifs is 3. The van der Waals surface area contributed by atoms with Gasteiger partial charge in [0, 0.05) is 23.4 Å². The zero-order valence-electron chi connectivity index (χ0n) is 19.7. The summed E-state index contributed by atoms with van der Waals surface area (Å²) in [6.07, 6.45) is 14.0. The molecule has 6 N–H and O–H groups in total. The molecule has 5 rings (SSSR count). The molecule has 3 aromatic rings. The van der Waals surface area contributed by atoms with Gasteiger partial charge in [-0.05, 0) is 63.5 Å². The van der Waals surface area contributed by atoms with E-state index in [-0.39, 0.29) is 28.4 Å². The Labute approximate surface area is 209 Å². The molecule has 0 spiro atoms. The normalized spacial score (nSPS) is 24.6. The van der Waals surface area contributed by atoms with Gasteiger partial charge in [-0.1, -0.05) is 30.2 Å². The fourth-order valence-electron chi connectivity index (χ4n) is 5.42. The van der Waals surface area contributed by atoms with Gasteiger partial charge in [0.2, 0.25) is 0 Å². The highest BCUT2D eigenvalue weighted by Gasteiger charge is 2.29. The molecular weight excluding hydrogens is 467 g/mol. The second-order valence-electron chi connectivity index (χ2n) is 9.71. The number of hydrogen-bond donors (Lipinski definition) is 4. The van der Waals surface area contributed by atoms with E-state index in [0.717, 1.165) is 68.9 Å². The van der Waals surface area contributed by atoms with Crippen LogP contribution in [0.25, 0.3) is 28.2 Å². The van der Waals surface area contributed by atoms with Gasteiger partial charge in [-0.15, -0.1) is 0 Å². The van der Waals surface area contributed by atoms with Crippen LogP contribution in [-0.4, -0.2) is 32.1 Å². The molecule has 9 heteroatoms. The fourth-order valence-corrected chi connectivity index (χ4v) is 5.57. The van der Waals surface area contributed by atoms with Crippen molar-refractivity contribution < 1.29 is 9.50 Å². The summed E-state index contributed by atoms with van der Waals surface area (Å²) in [6, 6.07) is 2.97. The van der Waals surface area contributed by atoms with Crippen molar-refractivity contribution in [1.82, 2.24) is 20.1 Å². The van der Waals surface area contributed by atoms with Gasteiger partial charge in [-0.25, -0.2) is 9.37 Å². The zero-order chi connectivity index (χ0) is 24.5. The molecular formula is C26H32ClFN6O. The van der Waals surface area contributed by atoms with Crippen molar-refractivity contribution >= 4 is 40.1 Å². The number of aliphatic hydroxyl groups excluding tert-OH is 1. The van der Waals surface area contributed by atoms with Crippen LogP contribution in [0.5, 0.6) is 0 Å². The fraction of sp³-hybridized carbons (Fsp3) is 0.462. The van der Waals surface area contributed by atoms with E-state index < -0.39 is 12.0 Å². The van der Waals surface area contributed by atoms with Crippen molar-refractivity contribution in [2.75, 3.05) is 11.5 Å². The highest BCUT2D eigenvalue weighted by Crippen LogP contribution is 2.40. The summed E-state index contributed by atoms with van der Waals surface area (Å²) in [7, 11) is 0. The Morgan fingerprint density at radius 2 is 1.97 bits per heavy atom. The summed E-state index contributed by atoms with van der Waals surface area (Å²) in [5.41, 5.74) is 15.1. The Morgan fingerprint density at radius 1 is 1.11 bits per heavy atom. The van der Waals surface area contributed by atoms with Gasteiger partial charge in [0.15, 0.2) is 0 Å². The molecule has 7 nitrogen and oxygen atoms in total.